The van der Waals surface area contributed by atoms with Crippen molar-refractivity contribution in [1.29, 1.82) is 0 Å². The van der Waals surface area contributed by atoms with Gasteiger partial charge in [0.05, 0.1) is 0 Å². The van der Waals surface area contributed by atoms with Crippen molar-refractivity contribution in [2.45, 2.75) is 32.6 Å². The normalized spacial score (nSPS) is 22.7. The molecule has 1 atom stereocenters. The van der Waals surface area contributed by atoms with Gasteiger partial charge in [-0.1, -0.05) is 0 Å². The van der Waals surface area contributed by atoms with Gasteiger partial charge >= 0.3 is 6.09 Å². The summed E-state index contributed by atoms with van der Waals surface area (Å²) in [5.41, 5.74) is -0.458. The molecule has 1 amide bonds. The molecule has 0 aromatic rings. The fourth-order valence-corrected chi connectivity index (χ4v) is 1.42. The Bertz CT molecular complexity index is 225. The number of carbonyl (C=O) groups excluding carboxylic acids is 1. The lowest BCUT2D eigenvalue weighted by atomic mass is 10.2. The maximum Gasteiger partial charge on any atom is 0.412 e. The van der Waals surface area contributed by atoms with Crippen LogP contribution in [-0.4, -0.2) is 49.6 Å². The Hall–Kier alpha value is -0.810. The fourth-order valence-electron chi connectivity index (χ4n) is 1.42. The van der Waals surface area contributed by atoms with Crippen molar-refractivity contribution in [3.05, 3.63) is 0 Å². The monoisotopic (exact) mass is 216 g/mol. The number of methoxy groups -OCH3 is 1. The minimum absolute atomic E-state index is 0.228. The number of hydrogen-bond acceptors (Lipinski definition) is 4. The lowest BCUT2D eigenvalue weighted by Crippen LogP contribution is -2.55. The number of hydrogen-bond donors (Lipinski definition) is 1. The van der Waals surface area contributed by atoms with Gasteiger partial charge in [0.15, 0.2) is 0 Å². The van der Waals surface area contributed by atoms with Crippen LogP contribution in [-0.2, 0) is 9.47 Å². The van der Waals surface area contributed by atoms with Crippen molar-refractivity contribution in [3.63, 3.8) is 0 Å². The Morgan fingerprint density at radius 1 is 1.47 bits per heavy atom. The SMILES string of the molecule is COC1CNCCN1C(=O)OC(C)(C)C. The molecule has 0 bridgehead atoms. The summed E-state index contributed by atoms with van der Waals surface area (Å²) in [5, 5.41) is 3.16. The van der Waals surface area contributed by atoms with Gasteiger partial charge in [0, 0.05) is 26.7 Å². The molecular weight excluding hydrogens is 196 g/mol. The van der Waals surface area contributed by atoms with E-state index in [1.807, 2.05) is 20.8 Å². The topological polar surface area (TPSA) is 50.8 Å². The number of nitrogens with one attached hydrogen (secondary N) is 1. The molecule has 0 aromatic heterocycles. The molecular formula is C10H20N2O3. The highest BCUT2D eigenvalue weighted by molar-refractivity contribution is 5.68. The molecule has 0 spiro atoms. The first-order valence-corrected chi connectivity index (χ1v) is 5.17. The van der Waals surface area contributed by atoms with Crippen molar-refractivity contribution in [1.82, 2.24) is 10.2 Å². The largest absolute Gasteiger partial charge is 0.444 e. The van der Waals surface area contributed by atoms with Gasteiger partial charge < -0.3 is 14.8 Å². The number of piperazine rings is 1. The number of carbonyl (C=O) groups is 1. The van der Waals surface area contributed by atoms with E-state index in [0.717, 1.165) is 6.54 Å². The zero-order valence-corrected chi connectivity index (χ0v) is 9.87. The molecule has 1 N–H and O–H groups in total. The molecule has 1 fully saturated rings. The lowest BCUT2D eigenvalue weighted by Gasteiger charge is -2.35. The molecule has 15 heavy (non-hydrogen) atoms. The summed E-state index contributed by atoms with van der Waals surface area (Å²) in [6.45, 7) is 7.61. The summed E-state index contributed by atoms with van der Waals surface area (Å²) in [5.74, 6) is 0. The van der Waals surface area contributed by atoms with Gasteiger partial charge in [0.1, 0.15) is 11.8 Å². The van der Waals surface area contributed by atoms with Gasteiger partial charge in [-0.3, -0.25) is 4.90 Å². The molecule has 0 aromatic carbocycles. The molecule has 0 aliphatic carbocycles. The molecule has 1 heterocycles. The van der Waals surface area contributed by atoms with E-state index in [4.69, 9.17) is 9.47 Å². The molecule has 1 saturated heterocycles. The van der Waals surface area contributed by atoms with E-state index < -0.39 is 5.60 Å². The van der Waals surface area contributed by atoms with Crippen LogP contribution in [0.2, 0.25) is 0 Å². The van der Waals surface area contributed by atoms with Gasteiger partial charge in [-0.15, -0.1) is 0 Å². The highest BCUT2D eigenvalue weighted by atomic mass is 16.6. The third kappa shape index (κ3) is 3.68. The quantitative estimate of drug-likeness (QED) is 0.704. The highest BCUT2D eigenvalue weighted by Crippen LogP contribution is 2.13. The van der Waals surface area contributed by atoms with E-state index >= 15 is 0 Å². The summed E-state index contributed by atoms with van der Waals surface area (Å²) in [4.78, 5) is 13.4. The van der Waals surface area contributed by atoms with E-state index in [0.29, 0.717) is 13.1 Å². The van der Waals surface area contributed by atoms with Crippen LogP contribution >= 0.6 is 0 Å². The highest BCUT2D eigenvalue weighted by Gasteiger charge is 2.29. The Balaban J connectivity index is 2.56. The zero-order chi connectivity index (χ0) is 11.5. The van der Waals surface area contributed by atoms with Crippen LogP contribution in [0.5, 0.6) is 0 Å². The summed E-state index contributed by atoms with van der Waals surface area (Å²) in [6, 6.07) is 0. The van der Waals surface area contributed by atoms with Gasteiger partial charge in [-0.05, 0) is 20.8 Å². The molecule has 5 heteroatoms. The fraction of sp³-hybridized carbons (Fsp3) is 0.900. The van der Waals surface area contributed by atoms with Gasteiger partial charge in [0.2, 0.25) is 0 Å². The molecule has 1 unspecified atom stereocenters. The van der Waals surface area contributed by atoms with Gasteiger partial charge in [0.25, 0.3) is 0 Å². The van der Waals surface area contributed by atoms with Crippen molar-refractivity contribution < 1.29 is 14.3 Å². The summed E-state index contributed by atoms with van der Waals surface area (Å²) in [6.07, 6.45) is -0.538. The van der Waals surface area contributed by atoms with Crippen LogP contribution in [0.3, 0.4) is 0 Å². The Labute approximate surface area is 90.7 Å². The molecule has 1 rings (SSSR count). The Morgan fingerprint density at radius 3 is 2.67 bits per heavy atom. The van der Waals surface area contributed by atoms with Gasteiger partial charge in [-0.25, -0.2) is 4.79 Å². The summed E-state index contributed by atoms with van der Waals surface area (Å²) in [7, 11) is 1.59. The van der Waals surface area contributed by atoms with Crippen LogP contribution in [0, 0.1) is 0 Å². The van der Waals surface area contributed by atoms with E-state index in [1.54, 1.807) is 12.0 Å². The van der Waals surface area contributed by atoms with Crippen molar-refractivity contribution >= 4 is 6.09 Å². The minimum Gasteiger partial charge on any atom is -0.444 e. The Kier molecular flexibility index (Phi) is 3.93. The Morgan fingerprint density at radius 2 is 2.13 bits per heavy atom. The molecule has 0 radical (unpaired) electrons. The van der Waals surface area contributed by atoms with Crippen LogP contribution in [0.15, 0.2) is 0 Å². The zero-order valence-electron chi connectivity index (χ0n) is 9.87. The van der Waals surface area contributed by atoms with Crippen molar-refractivity contribution in [2.75, 3.05) is 26.7 Å². The number of rotatable bonds is 1. The number of ether oxygens (including phenoxy) is 2. The average molecular weight is 216 g/mol. The van der Waals surface area contributed by atoms with Crippen molar-refractivity contribution in [2.24, 2.45) is 0 Å². The molecule has 5 nitrogen and oxygen atoms in total. The maximum absolute atomic E-state index is 11.8. The molecule has 1 aliphatic rings. The van der Waals surface area contributed by atoms with E-state index in [2.05, 4.69) is 5.32 Å². The first-order valence-electron chi connectivity index (χ1n) is 5.17. The first kappa shape index (κ1) is 12.3. The number of amides is 1. The lowest BCUT2D eigenvalue weighted by molar-refractivity contribution is -0.0579. The van der Waals surface area contributed by atoms with Crippen LogP contribution < -0.4 is 5.32 Å². The average Bonchev–Trinajstić information content (AvgIpc) is 2.15. The first-order chi connectivity index (χ1) is 6.94. The second kappa shape index (κ2) is 4.81. The van der Waals surface area contributed by atoms with E-state index in [9.17, 15) is 4.79 Å². The standard InChI is InChI=1S/C10H20N2O3/c1-10(2,3)15-9(13)12-6-5-11-7-8(12)14-4/h8,11H,5-7H2,1-4H3. The smallest absolute Gasteiger partial charge is 0.412 e. The molecule has 88 valence electrons. The second-order valence-electron chi connectivity index (χ2n) is 4.57. The minimum atomic E-state index is -0.458. The predicted molar refractivity (Wildman–Crippen MR) is 56.6 cm³/mol. The second-order valence-corrected chi connectivity index (χ2v) is 4.57. The molecule has 1 aliphatic heterocycles. The van der Waals surface area contributed by atoms with Gasteiger partial charge in [-0.2, -0.15) is 0 Å². The third-order valence-corrected chi connectivity index (χ3v) is 2.10. The molecule has 0 saturated carbocycles. The van der Waals surface area contributed by atoms with E-state index in [-0.39, 0.29) is 12.3 Å². The van der Waals surface area contributed by atoms with E-state index in [1.165, 1.54) is 0 Å². The van der Waals surface area contributed by atoms with Crippen molar-refractivity contribution in [3.8, 4) is 0 Å². The predicted octanol–water partition coefficient (Wildman–Crippen LogP) is 0.799. The maximum atomic E-state index is 11.8. The third-order valence-electron chi connectivity index (χ3n) is 2.10. The number of nitrogens with zero attached hydrogens (tertiary/aromatic N) is 1. The summed E-state index contributed by atoms with van der Waals surface area (Å²) >= 11 is 0. The van der Waals surface area contributed by atoms with Crippen LogP contribution in [0.4, 0.5) is 4.79 Å². The van der Waals surface area contributed by atoms with Crippen LogP contribution in [0.1, 0.15) is 20.8 Å². The van der Waals surface area contributed by atoms with Crippen LogP contribution in [0.25, 0.3) is 0 Å². The summed E-state index contributed by atoms with van der Waals surface area (Å²) < 4.78 is 10.5.